The van der Waals surface area contributed by atoms with E-state index in [9.17, 15) is 14.0 Å². The molecule has 3 rings (SSSR count). The van der Waals surface area contributed by atoms with E-state index in [0.717, 1.165) is 0 Å². The number of hydrogen-bond acceptors (Lipinski definition) is 6. The number of carbonyl (C=O) groups excluding carboxylic acids is 2. The zero-order valence-corrected chi connectivity index (χ0v) is 13.0. The Morgan fingerprint density at radius 3 is 2.68 bits per heavy atom. The Hall–Kier alpha value is -3.55. The van der Waals surface area contributed by atoms with Gasteiger partial charge in [-0.05, 0) is 30.3 Å². The zero-order valence-electron chi connectivity index (χ0n) is 13.0. The Balaban J connectivity index is 1.82. The van der Waals surface area contributed by atoms with Gasteiger partial charge in [0.1, 0.15) is 5.82 Å². The second kappa shape index (κ2) is 6.91. The lowest BCUT2D eigenvalue weighted by Crippen LogP contribution is -2.13. The average Bonchev–Trinajstić information content (AvgIpc) is 3.12. The van der Waals surface area contributed by atoms with E-state index in [2.05, 4.69) is 20.3 Å². The van der Waals surface area contributed by atoms with Crippen molar-refractivity contribution in [2.45, 2.75) is 0 Å². The predicted octanol–water partition coefficient (Wildman–Crippen LogP) is 2.91. The number of halogens is 1. The molecular formula is C17H12FN3O4. The first-order chi connectivity index (χ1) is 12.1. The van der Waals surface area contributed by atoms with E-state index >= 15 is 0 Å². The highest BCUT2D eigenvalue weighted by atomic mass is 19.1. The lowest BCUT2D eigenvalue weighted by molar-refractivity contribution is 0.0556. The minimum atomic E-state index is -0.747. The van der Waals surface area contributed by atoms with Crippen LogP contribution in [-0.4, -0.2) is 29.2 Å². The molecule has 3 aromatic rings. The maximum atomic E-state index is 13.7. The maximum Gasteiger partial charge on any atom is 0.396 e. The molecule has 8 heteroatoms. The second-order valence-corrected chi connectivity index (χ2v) is 4.92. The molecule has 0 aliphatic rings. The van der Waals surface area contributed by atoms with Gasteiger partial charge < -0.3 is 14.5 Å². The van der Waals surface area contributed by atoms with E-state index in [0.29, 0.717) is 11.3 Å². The van der Waals surface area contributed by atoms with Gasteiger partial charge >= 0.3 is 11.9 Å². The fourth-order valence-electron chi connectivity index (χ4n) is 2.08. The molecule has 1 amide bonds. The minimum Gasteiger partial charge on any atom is -0.462 e. The number of aromatic nitrogens is 2. The number of benzene rings is 2. The molecule has 1 N–H and O–H groups in total. The molecule has 25 heavy (non-hydrogen) atoms. The fraction of sp³-hybridized carbons (Fsp3) is 0.0588. The quantitative estimate of drug-likeness (QED) is 0.733. The molecule has 0 saturated heterocycles. The summed E-state index contributed by atoms with van der Waals surface area (Å²) in [4.78, 5) is 23.5. The van der Waals surface area contributed by atoms with Crippen LogP contribution in [0.5, 0.6) is 0 Å². The van der Waals surface area contributed by atoms with Crippen molar-refractivity contribution >= 4 is 17.6 Å². The standard InChI is InChI=1S/C17H12FN3O4/c1-24-17(23)16-21-20-15(25-16)10-5-4-6-11(9-10)19-14(22)12-7-2-3-8-13(12)18/h2-9H,1H3,(H,19,22). The molecule has 0 spiro atoms. The van der Waals surface area contributed by atoms with E-state index in [1.165, 1.54) is 25.3 Å². The van der Waals surface area contributed by atoms with E-state index in [1.54, 1.807) is 30.3 Å². The smallest absolute Gasteiger partial charge is 0.396 e. The van der Waals surface area contributed by atoms with Gasteiger partial charge in [-0.15, -0.1) is 10.2 Å². The number of methoxy groups -OCH3 is 1. The molecule has 0 radical (unpaired) electrons. The third kappa shape index (κ3) is 3.52. The molecule has 1 aromatic heterocycles. The third-order valence-corrected chi connectivity index (χ3v) is 3.27. The van der Waals surface area contributed by atoms with Crippen LogP contribution in [0.15, 0.2) is 52.9 Å². The van der Waals surface area contributed by atoms with E-state index in [1.807, 2.05) is 0 Å². The van der Waals surface area contributed by atoms with E-state index < -0.39 is 17.7 Å². The normalized spacial score (nSPS) is 10.3. The van der Waals surface area contributed by atoms with Crippen molar-refractivity contribution in [2.24, 2.45) is 0 Å². The molecule has 0 fully saturated rings. The van der Waals surface area contributed by atoms with Crippen LogP contribution < -0.4 is 5.32 Å². The number of carbonyl (C=O) groups is 2. The molecule has 0 aliphatic heterocycles. The molecule has 0 saturated carbocycles. The number of nitrogens with one attached hydrogen (secondary N) is 1. The summed E-state index contributed by atoms with van der Waals surface area (Å²) in [6.07, 6.45) is 0. The van der Waals surface area contributed by atoms with Gasteiger partial charge in [0.2, 0.25) is 5.89 Å². The number of anilines is 1. The first-order valence-electron chi connectivity index (χ1n) is 7.16. The second-order valence-electron chi connectivity index (χ2n) is 4.92. The molecule has 126 valence electrons. The summed E-state index contributed by atoms with van der Waals surface area (Å²) in [6.45, 7) is 0. The lowest BCUT2D eigenvalue weighted by Gasteiger charge is -2.06. The van der Waals surface area contributed by atoms with Crippen molar-refractivity contribution in [1.82, 2.24) is 10.2 Å². The van der Waals surface area contributed by atoms with Gasteiger partial charge in [0.05, 0.1) is 12.7 Å². The predicted molar refractivity (Wildman–Crippen MR) is 85.4 cm³/mol. The van der Waals surface area contributed by atoms with Crippen LogP contribution in [0.1, 0.15) is 21.0 Å². The number of amides is 1. The topological polar surface area (TPSA) is 94.3 Å². The van der Waals surface area contributed by atoms with Crippen molar-refractivity contribution in [1.29, 1.82) is 0 Å². The Labute approximate surface area is 141 Å². The highest BCUT2D eigenvalue weighted by Crippen LogP contribution is 2.22. The monoisotopic (exact) mass is 341 g/mol. The van der Waals surface area contributed by atoms with Gasteiger partial charge in [0.15, 0.2) is 0 Å². The lowest BCUT2D eigenvalue weighted by atomic mass is 10.1. The van der Waals surface area contributed by atoms with E-state index in [-0.39, 0.29) is 17.3 Å². The summed E-state index contributed by atoms with van der Waals surface area (Å²) in [5.74, 6) is -2.14. The van der Waals surface area contributed by atoms with Crippen LogP contribution in [0.25, 0.3) is 11.5 Å². The van der Waals surface area contributed by atoms with Gasteiger partial charge in [-0.25, -0.2) is 9.18 Å². The van der Waals surface area contributed by atoms with Gasteiger partial charge in [0.25, 0.3) is 5.91 Å². The third-order valence-electron chi connectivity index (χ3n) is 3.27. The van der Waals surface area contributed by atoms with Gasteiger partial charge in [-0.2, -0.15) is 0 Å². The summed E-state index contributed by atoms with van der Waals surface area (Å²) < 4.78 is 23.4. The van der Waals surface area contributed by atoms with Crippen LogP contribution in [0.2, 0.25) is 0 Å². The summed E-state index contributed by atoms with van der Waals surface area (Å²) in [6, 6.07) is 12.2. The summed E-state index contributed by atoms with van der Waals surface area (Å²) >= 11 is 0. The minimum absolute atomic E-state index is 0.0707. The highest BCUT2D eigenvalue weighted by molar-refractivity contribution is 6.04. The molecule has 0 atom stereocenters. The van der Waals surface area contributed by atoms with Crippen LogP contribution in [0, 0.1) is 5.82 Å². The van der Waals surface area contributed by atoms with Gasteiger partial charge in [-0.1, -0.05) is 18.2 Å². The number of hydrogen-bond donors (Lipinski definition) is 1. The van der Waals surface area contributed by atoms with Crippen molar-refractivity contribution in [3.05, 3.63) is 65.8 Å². The highest BCUT2D eigenvalue weighted by Gasteiger charge is 2.17. The van der Waals surface area contributed by atoms with Crippen LogP contribution in [0.3, 0.4) is 0 Å². The average molecular weight is 341 g/mol. The Kier molecular flexibility index (Phi) is 4.51. The van der Waals surface area contributed by atoms with Crippen LogP contribution in [0.4, 0.5) is 10.1 Å². The van der Waals surface area contributed by atoms with Crippen molar-refractivity contribution in [3.63, 3.8) is 0 Å². The maximum absolute atomic E-state index is 13.7. The van der Waals surface area contributed by atoms with Crippen LogP contribution >= 0.6 is 0 Å². The Bertz CT molecular complexity index is 939. The van der Waals surface area contributed by atoms with Crippen molar-refractivity contribution in [2.75, 3.05) is 12.4 Å². The molecule has 0 aliphatic carbocycles. The number of ether oxygens (including phenoxy) is 1. The zero-order chi connectivity index (χ0) is 17.8. The van der Waals surface area contributed by atoms with Crippen molar-refractivity contribution < 1.29 is 23.1 Å². The molecule has 0 bridgehead atoms. The summed E-state index contributed by atoms with van der Waals surface area (Å²) in [5.41, 5.74) is 0.816. The van der Waals surface area contributed by atoms with Gasteiger partial charge in [-0.3, -0.25) is 4.79 Å². The first kappa shape index (κ1) is 16.3. The van der Waals surface area contributed by atoms with Crippen molar-refractivity contribution in [3.8, 4) is 11.5 Å². The Morgan fingerprint density at radius 2 is 1.92 bits per heavy atom. The Morgan fingerprint density at radius 1 is 1.12 bits per heavy atom. The molecular weight excluding hydrogens is 329 g/mol. The molecule has 7 nitrogen and oxygen atoms in total. The molecule has 2 aromatic carbocycles. The number of rotatable bonds is 4. The van der Waals surface area contributed by atoms with E-state index in [4.69, 9.17) is 4.42 Å². The SMILES string of the molecule is COC(=O)c1nnc(-c2cccc(NC(=O)c3ccccc3F)c2)o1. The fourth-order valence-corrected chi connectivity index (χ4v) is 2.08. The summed E-state index contributed by atoms with van der Waals surface area (Å²) in [5, 5.41) is 9.93. The first-order valence-corrected chi connectivity index (χ1v) is 7.16. The molecule has 0 unspecified atom stereocenters. The van der Waals surface area contributed by atoms with Gasteiger partial charge in [0, 0.05) is 11.3 Å². The number of esters is 1. The molecule has 1 heterocycles. The summed E-state index contributed by atoms with van der Waals surface area (Å²) in [7, 11) is 1.20. The number of nitrogens with zero attached hydrogens (tertiary/aromatic N) is 2. The van der Waals surface area contributed by atoms with Crippen LogP contribution in [-0.2, 0) is 4.74 Å². The largest absolute Gasteiger partial charge is 0.462 e.